The molecule has 14 heteroatoms. The first kappa shape index (κ1) is 49.4. The van der Waals surface area contributed by atoms with Gasteiger partial charge in [0.05, 0.1) is 0 Å². The molecule has 0 radical (unpaired) electrons. The number of nitrogens with one attached hydrogen (secondary N) is 6. The zero-order valence-corrected chi connectivity index (χ0v) is 36.9. The summed E-state index contributed by atoms with van der Waals surface area (Å²) in [5, 5.41) is 13.4. The Bertz CT molecular complexity index is 1980. The number of benzene rings is 2. The van der Waals surface area contributed by atoms with Gasteiger partial charge in [-0.05, 0) is 81.3 Å². The maximum absolute atomic E-state index is 14.6. The number of unbranched alkanes of at least 4 members (excludes halogenated alkanes) is 12. The topological polar surface area (TPSA) is 243 Å². The lowest BCUT2D eigenvalue weighted by Gasteiger charge is -2.26. The number of primary amides is 1. The Morgan fingerprint density at radius 2 is 0.935 bits per heavy atom. The molecule has 0 aliphatic carbocycles. The van der Waals surface area contributed by atoms with E-state index in [-0.39, 0.29) is 18.7 Å². The number of carbonyl (C=O) groups is 5. The molecule has 0 unspecified atom stereocenters. The molecule has 0 bridgehead atoms. The van der Waals surface area contributed by atoms with Gasteiger partial charge in [-0.3, -0.25) is 24.0 Å². The maximum Gasteiger partial charge on any atom is 0.243 e. The average molecular weight is 856 g/mol. The number of nitrogens with two attached hydrogens (primary N) is 3. The fourth-order valence-corrected chi connectivity index (χ4v) is 8.03. The Balaban J connectivity index is 1.51. The van der Waals surface area contributed by atoms with Crippen molar-refractivity contribution >= 4 is 51.3 Å². The summed E-state index contributed by atoms with van der Waals surface area (Å²) in [4.78, 5) is 75.1. The van der Waals surface area contributed by atoms with Gasteiger partial charge >= 0.3 is 0 Å². The predicted octanol–water partition coefficient (Wildman–Crippen LogP) is 5.82. The summed E-state index contributed by atoms with van der Waals surface area (Å²) in [6, 6.07) is 11.1. The molecule has 4 atom stereocenters. The summed E-state index contributed by atoms with van der Waals surface area (Å²) in [5.74, 6) is -2.59. The third-order valence-electron chi connectivity index (χ3n) is 11.7. The molecule has 2 heterocycles. The summed E-state index contributed by atoms with van der Waals surface area (Å²) >= 11 is 0. The molecule has 0 aliphatic heterocycles. The van der Waals surface area contributed by atoms with E-state index < -0.39 is 47.8 Å². The van der Waals surface area contributed by atoms with Crippen LogP contribution < -0.4 is 38.5 Å². The summed E-state index contributed by atoms with van der Waals surface area (Å²) in [6.45, 7) is 3.10. The van der Waals surface area contributed by atoms with Crippen molar-refractivity contribution in [1.82, 2.24) is 31.2 Å². The lowest BCUT2D eigenvalue weighted by Crippen LogP contribution is -2.59. The van der Waals surface area contributed by atoms with Crippen molar-refractivity contribution in [3.63, 3.8) is 0 Å². The van der Waals surface area contributed by atoms with E-state index in [4.69, 9.17) is 17.2 Å². The highest BCUT2D eigenvalue weighted by molar-refractivity contribution is 5.96. The SMILES string of the molecule is CCCCCCCCCCCCCC(=O)N[C@@H](CCCCN)C(=O)N[C@@H](Cc1c[nH]c2ccccc12)C(=O)N[C@@H](Cc1c[nH]c2ccccc12)C(=O)N[C@@H](CCCCN)C(N)=O. The second kappa shape index (κ2) is 27.7. The summed E-state index contributed by atoms with van der Waals surface area (Å²) in [7, 11) is 0. The smallest absolute Gasteiger partial charge is 0.243 e. The van der Waals surface area contributed by atoms with Gasteiger partial charge < -0.3 is 48.4 Å². The largest absolute Gasteiger partial charge is 0.368 e. The van der Waals surface area contributed by atoms with Gasteiger partial charge in [-0.1, -0.05) is 108 Å². The number of hydrogen-bond donors (Lipinski definition) is 9. The lowest BCUT2D eigenvalue weighted by atomic mass is 10.00. The van der Waals surface area contributed by atoms with Crippen molar-refractivity contribution in [2.75, 3.05) is 13.1 Å². The Labute approximate surface area is 367 Å². The number of carbonyl (C=O) groups excluding carboxylic acids is 5. The molecule has 4 rings (SSSR count). The fraction of sp³-hybridized carbons (Fsp3) is 0.562. The second-order valence-electron chi connectivity index (χ2n) is 16.7. The van der Waals surface area contributed by atoms with E-state index in [0.29, 0.717) is 58.0 Å². The highest BCUT2D eigenvalue weighted by atomic mass is 16.2. The number of fused-ring (bicyclic) bond motifs is 2. The van der Waals surface area contributed by atoms with Crippen LogP contribution in [-0.4, -0.2) is 76.8 Å². The van der Waals surface area contributed by atoms with Crippen molar-refractivity contribution in [2.24, 2.45) is 17.2 Å². The van der Waals surface area contributed by atoms with Crippen LogP contribution in [0, 0.1) is 0 Å². The molecule has 0 saturated carbocycles. The summed E-state index contributed by atoms with van der Waals surface area (Å²) < 4.78 is 0. The van der Waals surface area contributed by atoms with Crippen molar-refractivity contribution < 1.29 is 24.0 Å². The average Bonchev–Trinajstić information content (AvgIpc) is 3.88. The number of H-pyrrole nitrogens is 2. The van der Waals surface area contributed by atoms with Crippen LogP contribution in [0.5, 0.6) is 0 Å². The van der Waals surface area contributed by atoms with Gasteiger partial charge in [0, 0.05) is 53.5 Å². The second-order valence-corrected chi connectivity index (χ2v) is 16.7. The standard InChI is InChI=1S/C48H73N9O5/c1-2-3-4-5-6-7-8-9-10-11-12-27-44(58)54-41(26-18-20-29-50)46(60)56-43(31-35-33-53-39-24-16-14-22-37(35)39)48(62)57-42(30-34-32-52-38-23-15-13-21-36(34)38)47(61)55-40(45(51)59)25-17-19-28-49/h13-16,21-24,32-33,40-43,52-53H,2-12,17-20,25-31,49-50H2,1H3,(H2,51,59)(H,54,58)(H,55,61)(H,56,60)(H,57,62)/t40-,41-,42-,43-/m0/s1. The molecule has 62 heavy (non-hydrogen) atoms. The van der Waals surface area contributed by atoms with Crippen LogP contribution in [0.2, 0.25) is 0 Å². The van der Waals surface area contributed by atoms with E-state index in [9.17, 15) is 24.0 Å². The monoisotopic (exact) mass is 856 g/mol. The van der Waals surface area contributed by atoms with E-state index >= 15 is 0 Å². The first-order valence-electron chi connectivity index (χ1n) is 23.1. The maximum atomic E-state index is 14.6. The van der Waals surface area contributed by atoms with Gasteiger partial charge in [0.1, 0.15) is 24.2 Å². The van der Waals surface area contributed by atoms with Gasteiger partial charge in [-0.15, -0.1) is 0 Å². The van der Waals surface area contributed by atoms with Crippen LogP contribution in [0.25, 0.3) is 21.8 Å². The lowest BCUT2D eigenvalue weighted by molar-refractivity contribution is -0.134. The van der Waals surface area contributed by atoms with Crippen LogP contribution in [0.15, 0.2) is 60.9 Å². The Morgan fingerprint density at radius 1 is 0.516 bits per heavy atom. The first-order chi connectivity index (χ1) is 30.1. The Kier molecular flexibility index (Phi) is 22.1. The molecule has 4 aromatic rings. The van der Waals surface area contributed by atoms with Crippen LogP contribution in [0.4, 0.5) is 0 Å². The Morgan fingerprint density at radius 3 is 1.40 bits per heavy atom. The van der Waals surface area contributed by atoms with E-state index in [1.165, 1.54) is 44.9 Å². The molecule has 340 valence electrons. The van der Waals surface area contributed by atoms with Gasteiger partial charge in [0.2, 0.25) is 29.5 Å². The molecule has 14 nitrogen and oxygen atoms in total. The molecule has 2 aromatic heterocycles. The van der Waals surface area contributed by atoms with Gasteiger partial charge in [-0.25, -0.2) is 0 Å². The van der Waals surface area contributed by atoms with Crippen LogP contribution in [-0.2, 0) is 36.8 Å². The Hall–Kier alpha value is -5.21. The third-order valence-corrected chi connectivity index (χ3v) is 11.7. The zero-order chi connectivity index (χ0) is 44.5. The van der Waals surface area contributed by atoms with Gasteiger partial charge in [0.25, 0.3) is 0 Å². The van der Waals surface area contributed by atoms with Crippen molar-refractivity contribution in [1.29, 1.82) is 0 Å². The third kappa shape index (κ3) is 16.6. The van der Waals surface area contributed by atoms with Gasteiger partial charge in [-0.2, -0.15) is 0 Å². The molecule has 5 amide bonds. The minimum atomic E-state index is -1.15. The fourth-order valence-electron chi connectivity index (χ4n) is 8.03. The van der Waals surface area contributed by atoms with Crippen LogP contribution in [0.3, 0.4) is 0 Å². The molecule has 12 N–H and O–H groups in total. The number of hydrogen-bond acceptors (Lipinski definition) is 7. The summed E-state index contributed by atoms with van der Waals surface area (Å²) in [5.41, 5.74) is 20.5. The highest BCUT2D eigenvalue weighted by Crippen LogP contribution is 2.22. The molecule has 0 aliphatic rings. The molecule has 0 fully saturated rings. The van der Waals surface area contributed by atoms with Crippen molar-refractivity contribution in [3.8, 4) is 0 Å². The number of rotatable bonds is 32. The molecular weight excluding hydrogens is 783 g/mol. The van der Waals surface area contributed by atoms with E-state index in [0.717, 1.165) is 58.6 Å². The zero-order valence-electron chi connectivity index (χ0n) is 36.9. The van der Waals surface area contributed by atoms with Crippen molar-refractivity contribution in [2.45, 2.75) is 160 Å². The van der Waals surface area contributed by atoms with Crippen molar-refractivity contribution in [3.05, 3.63) is 72.1 Å². The van der Waals surface area contributed by atoms with E-state index in [1.807, 2.05) is 48.5 Å². The normalized spacial score (nSPS) is 13.3. The number of aromatic amines is 2. The van der Waals surface area contributed by atoms with E-state index in [1.54, 1.807) is 12.4 Å². The minimum absolute atomic E-state index is 0.0838. The highest BCUT2D eigenvalue weighted by Gasteiger charge is 2.32. The minimum Gasteiger partial charge on any atom is -0.368 e. The van der Waals surface area contributed by atoms with Gasteiger partial charge in [0.15, 0.2) is 0 Å². The van der Waals surface area contributed by atoms with Crippen LogP contribution in [0.1, 0.15) is 134 Å². The quantitative estimate of drug-likeness (QED) is 0.0273. The molecule has 0 spiro atoms. The first-order valence-corrected chi connectivity index (χ1v) is 23.1. The predicted molar refractivity (Wildman–Crippen MR) is 248 cm³/mol. The number of para-hydroxylation sites is 2. The number of amides is 5. The molecule has 2 aromatic carbocycles. The molecular formula is C48H73N9O5. The molecule has 0 saturated heterocycles. The number of aromatic nitrogens is 2. The van der Waals surface area contributed by atoms with Crippen LogP contribution >= 0.6 is 0 Å². The summed E-state index contributed by atoms with van der Waals surface area (Å²) in [6.07, 6.45) is 20.1. The van der Waals surface area contributed by atoms with E-state index in [2.05, 4.69) is 38.2 Å².